The number of carboxylic acids is 1. The Bertz CT molecular complexity index is 843. The summed E-state index contributed by atoms with van der Waals surface area (Å²) in [6.45, 7) is 1.76. The fourth-order valence-corrected chi connectivity index (χ4v) is 3.05. The Morgan fingerprint density at radius 2 is 1.89 bits per heavy atom. The summed E-state index contributed by atoms with van der Waals surface area (Å²) in [5.74, 6) is -1.66. The maximum atomic E-state index is 14.5. The molecule has 1 aliphatic carbocycles. The fourth-order valence-electron chi connectivity index (χ4n) is 3.05. The average molecular weight is 372 g/mol. The number of rotatable bonds is 8. The van der Waals surface area contributed by atoms with Crippen LogP contribution in [0, 0.1) is 5.82 Å². The van der Waals surface area contributed by atoms with Gasteiger partial charge in [0.1, 0.15) is 24.8 Å². The van der Waals surface area contributed by atoms with Crippen molar-refractivity contribution in [1.82, 2.24) is 0 Å². The third kappa shape index (κ3) is 4.64. The number of hydrogen-bond acceptors (Lipinski definition) is 4. The van der Waals surface area contributed by atoms with Crippen LogP contribution in [0.2, 0.25) is 0 Å². The molecular formula is C21H21FO5. The SMILES string of the molecule is CC(=O)OCC1(c2cc(F)c(CC(=O)O)cc2OCc2ccccc2)CC1. The molecule has 0 spiro atoms. The molecule has 0 unspecified atom stereocenters. The van der Waals surface area contributed by atoms with Gasteiger partial charge in [-0.15, -0.1) is 0 Å². The lowest BCUT2D eigenvalue weighted by Crippen LogP contribution is -2.19. The summed E-state index contributed by atoms with van der Waals surface area (Å²) in [5, 5.41) is 9.01. The molecular weight excluding hydrogens is 351 g/mol. The second-order valence-corrected chi connectivity index (χ2v) is 6.85. The maximum absolute atomic E-state index is 14.5. The largest absolute Gasteiger partial charge is 0.489 e. The molecule has 1 fully saturated rings. The van der Waals surface area contributed by atoms with Crippen LogP contribution in [-0.4, -0.2) is 23.7 Å². The Balaban J connectivity index is 1.91. The van der Waals surface area contributed by atoms with Gasteiger partial charge in [0.25, 0.3) is 0 Å². The lowest BCUT2D eigenvalue weighted by Gasteiger charge is -2.21. The van der Waals surface area contributed by atoms with Gasteiger partial charge in [-0.25, -0.2) is 4.39 Å². The van der Waals surface area contributed by atoms with E-state index in [1.54, 1.807) is 0 Å². The molecule has 0 radical (unpaired) electrons. The number of benzene rings is 2. The topological polar surface area (TPSA) is 72.8 Å². The van der Waals surface area contributed by atoms with Gasteiger partial charge in [-0.2, -0.15) is 0 Å². The number of aliphatic carboxylic acids is 1. The lowest BCUT2D eigenvalue weighted by molar-refractivity contribution is -0.142. The molecule has 142 valence electrons. The normalized spacial score (nSPS) is 14.4. The smallest absolute Gasteiger partial charge is 0.307 e. The van der Waals surface area contributed by atoms with Crippen LogP contribution in [0.4, 0.5) is 4.39 Å². The fraction of sp³-hybridized carbons (Fsp3) is 0.333. The lowest BCUT2D eigenvalue weighted by atomic mass is 9.93. The Morgan fingerprint density at radius 3 is 2.48 bits per heavy atom. The molecule has 1 aliphatic rings. The molecule has 0 saturated heterocycles. The maximum Gasteiger partial charge on any atom is 0.307 e. The molecule has 2 aromatic carbocycles. The third-order valence-electron chi connectivity index (χ3n) is 4.70. The van der Waals surface area contributed by atoms with Gasteiger partial charge < -0.3 is 14.6 Å². The molecule has 0 aliphatic heterocycles. The Kier molecular flexibility index (Phi) is 5.44. The molecule has 5 nitrogen and oxygen atoms in total. The van der Waals surface area contributed by atoms with Gasteiger partial charge in [0, 0.05) is 23.5 Å². The van der Waals surface area contributed by atoms with E-state index in [-0.39, 0.29) is 18.8 Å². The first-order valence-corrected chi connectivity index (χ1v) is 8.74. The van der Waals surface area contributed by atoms with Gasteiger partial charge in [0.15, 0.2) is 0 Å². The van der Waals surface area contributed by atoms with Crippen LogP contribution in [0.25, 0.3) is 0 Å². The highest BCUT2D eigenvalue weighted by Crippen LogP contribution is 2.52. The van der Waals surface area contributed by atoms with Crippen LogP contribution in [0.3, 0.4) is 0 Å². The van der Waals surface area contributed by atoms with Crippen molar-refractivity contribution >= 4 is 11.9 Å². The van der Waals surface area contributed by atoms with Crippen molar-refractivity contribution in [3.63, 3.8) is 0 Å². The molecule has 1 saturated carbocycles. The van der Waals surface area contributed by atoms with E-state index in [9.17, 15) is 14.0 Å². The van der Waals surface area contributed by atoms with Crippen LogP contribution in [0.5, 0.6) is 5.75 Å². The van der Waals surface area contributed by atoms with E-state index in [1.165, 1.54) is 19.1 Å². The number of esters is 1. The van der Waals surface area contributed by atoms with Crippen molar-refractivity contribution in [3.8, 4) is 5.75 Å². The second kappa shape index (κ2) is 7.78. The molecule has 0 atom stereocenters. The summed E-state index contributed by atoms with van der Waals surface area (Å²) in [5.41, 5.74) is 1.15. The molecule has 0 aromatic heterocycles. The van der Waals surface area contributed by atoms with Crippen LogP contribution in [0.15, 0.2) is 42.5 Å². The summed E-state index contributed by atoms with van der Waals surface area (Å²) in [6, 6.07) is 12.3. The molecule has 3 rings (SSSR count). The third-order valence-corrected chi connectivity index (χ3v) is 4.70. The van der Waals surface area contributed by atoms with E-state index < -0.39 is 29.6 Å². The first-order valence-electron chi connectivity index (χ1n) is 8.74. The number of carbonyl (C=O) groups is 2. The highest BCUT2D eigenvalue weighted by molar-refractivity contribution is 5.71. The second-order valence-electron chi connectivity index (χ2n) is 6.85. The van der Waals surface area contributed by atoms with Gasteiger partial charge in [-0.05, 0) is 30.5 Å². The van der Waals surface area contributed by atoms with Crippen molar-refractivity contribution in [2.24, 2.45) is 0 Å². The average Bonchev–Trinajstić information content (AvgIpc) is 3.42. The summed E-state index contributed by atoms with van der Waals surface area (Å²) in [4.78, 5) is 22.2. The zero-order chi connectivity index (χ0) is 19.4. The highest BCUT2D eigenvalue weighted by atomic mass is 19.1. The van der Waals surface area contributed by atoms with Crippen molar-refractivity contribution < 1.29 is 28.6 Å². The summed E-state index contributed by atoms with van der Waals surface area (Å²) in [6.07, 6.45) is 1.07. The minimum atomic E-state index is -1.11. The molecule has 0 amide bonds. The first kappa shape index (κ1) is 18.9. The monoisotopic (exact) mass is 372 g/mol. The van der Waals surface area contributed by atoms with Crippen LogP contribution in [-0.2, 0) is 32.8 Å². The van der Waals surface area contributed by atoms with Crippen molar-refractivity contribution in [2.45, 2.75) is 38.2 Å². The summed E-state index contributed by atoms with van der Waals surface area (Å²) >= 11 is 0. The first-order chi connectivity index (χ1) is 12.9. The van der Waals surface area contributed by atoms with E-state index in [4.69, 9.17) is 14.6 Å². The number of carbonyl (C=O) groups excluding carboxylic acids is 1. The van der Waals surface area contributed by atoms with Crippen molar-refractivity contribution in [3.05, 3.63) is 65.0 Å². The van der Waals surface area contributed by atoms with Crippen LogP contribution >= 0.6 is 0 Å². The van der Waals surface area contributed by atoms with Crippen LogP contribution in [0.1, 0.15) is 36.5 Å². The zero-order valence-corrected chi connectivity index (χ0v) is 15.0. The van der Waals surface area contributed by atoms with Gasteiger partial charge in [-0.3, -0.25) is 9.59 Å². The standard InChI is InChI=1S/C21H21FO5/c1-14(23)27-13-21(7-8-21)17-11-18(22)16(10-20(24)25)9-19(17)26-12-15-5-3-2-4-6-15/h2-6,9,11H,7-8,10,12-13H2,1H3,(H,24,25). The highest BCUT2D eigenvalue weighted by Gasteiger charge is 2.48. The Labute approximate surface area is 156 Å². The molecule has 27 heavy (non-hydrogen) atoms. The molecule has 6 heteroatoms. The molecule has 2 aromatic rings. The van der Waals surface area contributed by atoms with Gasteiger partial charge in [-0.1, -0.05) is 30.3 Å². The zero-order valence-electron chi connectivity index (χ0n) is 15.0. The van der Waals surface area contributed by atoms with Crippen molar-refractivity contribution in [2.75, 3.05) is 6.61 Å². The predicted octanol–water partition coefficient (Wildman–Crippen LogP) is 3.63. The van der Waals surface area contributed by atoms with Crippen molar-refractivity contribution in [1.29, 1.82) is 0 Å². The van der Waals surface area contributed by atoms with E-state index >= 15 is 0 Å². The van der Waals surface area contributed by atoms with E-state index in [1.807, 2.05) is 30.3 Å². The van der Waals surface area contributed by atoms with E-state index in [0.717, 1.165) is 18.4 Å². The number of carboxylic acid groups (broad SMARTS) is 1. The Hall–Kier alpha value is -2.89. The number of hydrogen-bond donors (Lipinski definition) is 1. The minimum Gasteiger partial charge on any atom is -0.489 e. The van der Waals surface area contributed by atoms with Gasteiger partial charge in [0.05, 0.1) is 6.42 Å². The molecule has 0 bridgehead atoms. The van der Waals surface area contributed by atoms with Gasteiger partial charge >= 0.3 is 11.9 Å². The van der Waals surface area contributed by atoms with E-state index in [0.29, 0.717) is 11.3 Å². The predicted molar refractivity (Wildman–Crippen MR) is 96.1 cm³/mol. The minimum absolute atomic E-state index is 0.0672. The summed E-state index contributed by atoms with van der Waals surface area (Å²) < 4.78 is 25.6. The number of halogens is 1. The molecule has 1 N–H and O–H groups in total. The number of ether oxygens (including phenoxy) is 2. The quantitative estimate of drug-likeness (QED) is 0.717. The van der Waals surface area contributed by atoms with Gasteiger partial charge in [0.2, 0.25) is 0 Å². The van der Waals surface area contributed by atoms with E-state index in [2.05, 4.69) is 0 Å². The summed E-state index contributed by atoms with van der Waals surface area (Å²) in [7, 11) is 0. The Morgan fingerprint density at radius 1 is 1.19 bits per heavy atom. The molecule has 0 heterocycles. The van der Waals surface area contributed by atoms with Crippen LogP contribution < -0.4 is 4.74 Å².